The monoisotopic (exact) mass is 623 g/mol. The van der Waals surface area contributed by atoms with Crippen LogP contribution in [0.4, 0.5) is 5.69 Å². The van der Waals surface area contributed by atoms with Crippen LogP contribution < -0.4 is 9.62 Å². The minimum absolute atomic E-state index is 0.0480. The number of carbonyl (C=O) groups excluding carboxylic acids is 2. The molecule has 214 valence electrons. The Labute approximate surface area is 251 Å². The highest BCUT2D eigenvalue weighted by molar-refractivity contribution is 7.92. The Balaban J connectivity index is 2.07. The van der Waals surface area contributed by atoms with Gasteiger partial charge in [0, 0.05) is 29.6 Å². The van der Waals surface area contributed by atoms with Gasteiger partial charge in [0.1, 0.15) is 12.6 Å². The van der Waals surface area contributed by atoms with E-state index in [0.29, 0.717) is 22.2 Å². The molecular weight excluding hydrogens is 593 g/mol. The molecule has 0 aromatic heterocycles. The van der Waals surface area contributed by atoms with E-state index in [-0.39, 0.29) is 29.6 Å². The molecule has 0 aliphatic rings. The minimum atomic E-state index is -3.92. The molecule has 1 N–H and O–H groups in total. The second-order valence-electron chi connectivity index (χ2n) is 9.33. The van der Waals surface area contributed by atoms with Crippen molar-refractivity contribution in [3.63, 3.8) is 0 Å². The average Bonchev–Trinajstić information content (AvgIpc) is 2.91. The summed E-state index contributed by atoms with van der Waals surface area (Å²) >= 11 is 18.9. The van der Waals surface area contributed by atoms with Crippen molar-refractivity contribution in [2.45, 2.75) is 38.8 Å². The number of benzene rings is 3. The van der Waals surface area contributed by atoms with Gasteiger partial charge in [0.25, 0.3) is 0 Å². The van der Waals surface area contributed by atoms with Crippen molar-refractivity contribution in [1.82, 2.24) is 10.2 Å². The van der Waals surface area contributed by atoms with Gasteiger partial charge in [-0.3, -0.25) is 13.9 Å². The fraction of sp³-hybridized carbons (Fsp3) is 0.310. The van der Waals surface area contributed by atoms with Crippen molar-refractivity contribution in [3.05, 3.63) is 99.0 Å². The summed E-state index contributed by atoms with van der Waals surface area (Å²) in [5, 5.41) is 3.85. The number of nitrogens with zero attached hydrogens (tertiary/aromatic N) is 2. The third-order valence-electron chi connectivity index (χ3n) is 6.26. The lowest BCUT2D eigenvalue weighted by Gasteiger charge is -2.34. The topological polar surface area (TPSA) is 86.8 Å². The smallest absolute Gasteiger partial charge is 0.244 e. The quantitative estimate of drug-likeness (QED) is 0.238. The summed E-state index contributed by atoms with van der Waals surface area (Å²) in [4.78, 5) is 29.0. The van der Waals surface area contributed by atoms with Gasteiger partial charge >= 0.3 is 0 Å². The Morgan fingerprint density at radius 3 is 2.23 bits per heavy atom. The van der Waals surface area contributed by atoms with Crippen molar-refractivity contribution in [2.24, 2.45) is 0 Å². The minimum Gasteiger partial charge on any atom is -0.354 e. The fourth-order valence-electron chi connectivity index (χ4n) is 4.14. The molecule has 0 aliphatic heterocycles. The molecule has 1 atom stereocenters. The van der Waals surface area contributed by atoms with Crippen LogP contribution in [-0.4, -0.2) is 50.5 Å². The van der Waals surface area contributed by atoms with Gasteiger partial charge in [0.15, 0.2) is 0 Å². The van der Waals surface area contributed by atoms with Crippen molar-refractivity contribution in [1.29, 1.82) is 0 Å². The maximum absolute atomic E-state index is 14.1. The van der Waals surface area contributed by atoms with Crippen LogP contribution in [0.5, 0.6) is 0 Å². The first-order chi connectivity index (χ1) is 19.0. The van der Waals surface area contributed by atoms with Crippen molar-refractivity contribution in [2.75, 3.05) is 23.7 Å². The number of para-hydroxylation sites is 1. The van der Waals surface area contributed by atoms with Crippen molar-refractivity contribution >= 4 is 62.3 Å². The van der Waals surface area contributed by atoms with Gasteiger partial charge in [-0.25, -0.2) is 8.42 Å². The molecule has 0 fully saturated rings. The Kier molecular flexibility index (Phi) is 11.7. The van der Waals surface area contributed by atoms with Crippen LogP contribution >= 0.6 is 34.8 Å². The molecule has 0 saturated heterocycles. The van der Waals surface area contributed by atoms with E-state index in [0.717, 1.165) is 29.0 Å². The van der Waals surface area contributed by atoms with E-state index in [1.165, 1.54) is 11.0 Å². The van der Waals surface area contributed by atoms with Crippen LogP contribution in [-0.2, 0) is 32.6 Å². The number of nitrogens with one attached hydrogen (secondary N) is 1. The highest BCUT2D eigenvalue weighted by atomic mass is 35.5. The third kappa shape index (κ3) is 8.86. The number of amides is 2. The number of anilines is 1. The summed E-state index contributed by atoms with van der Waals surface area (Å²) in [5.74, 6) is -0.942. The predicted molar refractivity (Wildman–Crippen MR) is 163 cm³/mol. The third-order valence-corrected chi connectivity index (χ3v) is 8.29. The summed E-state index contributed by atoms with van der Waals surface area (Å²) in [6.07, 6.45) is 2.87. The standard InChI is InChI=1S/C29H32Cl3N3O4S/c1-3-4-16-33-29(37)27(17-21-10-6-5-7-11-21)34(19-22-14-15-23(30)18-25(22)32)28(36)20-35(40(2,38)39)26-13-9-8-12-24(26)31/h5-15,18,27H,3-4,16-17,19-20H2,1-2H3,(H,33,37). The zero-order valence-corrected chi connectivity index (χ0v) is 25.4. The molecule has 0 heterocycles. The van der Waals surface area contributed by atoms with Crippen LogP contribution in [0.3, 0.4) is 0 Å². The van der Waals surface area contributed by atoms with Gasteiger partial charge in [0.2, 0.25) is 21.8 Å². The summed E-state index contributed by atoms with van der Waals surface area (Å²) < 4.78 is 26.6. The lowest BCUT2D eigenvalue weighted by molar-refractivity contribution is -0.140. The molecule has 1 unspecified atom stereocenters. The summed E-state index contributed by atoms with van der Waals surface area (Å²) in [5.41, 5.74) is 1.56. The zero-order valence-electron chi connectivity index (χ0n) is 22.3. The number of hydrogen-bond acceptors (Lipinski definition) is 4. The Morgan fingerprint density at radius 2 is 1.60 bits per heavy atom. The molecule has 3 rings (SSSR count). The Bertz CT molecular complexity index is 1420. The summed E-state index contributed by atoms with van der Waals surface area (Å²) in [7, 11) is -3.92. The highest BCUT2D eigenvalue weighted by Crippen LogP contribution is 2.28. The van der Waals surface area contributed by atoms with Gasteiger partial charge in [-0.15, -0.1) is 0 Å². The van der Waals surface area contributed by atoms with E-state index in [9.17, 15) is 18.0 Å². The van der Waals surface area contributed by atoms with E-state index in [2.05, 4.69) is 5.32 Å². The van der Waals surface area contributed by atoms with E-state index in [1.54, 1.807) is 36.4 Å². The molecule has 40 heavy (non-hydrogen) atoms. The maximum Gasteiger partial charge on any atom is 0.244 e. The molecule has 3 aromatic rings. The fourth-order valence-corrected chi connectivity index (χ4v) is 5.76. The average molecular weight is 625 g/mol. The molecule has 7 nitrogen and oxygen atoms in total. The number of rotatable bonds is 13. The lowest BCUT2D eigenvalue weighted by Crippen LogP contribution is -2.53. The van der Waals surface area contributed by atoms with Crippen molar-refractivity contribution in [3.8, 4) is 0 Å². The highest BCUT2D eigenvalue weighted by Gasteiger charge is 2.33. The van der Waals surface area contributed by atoms with Crippen LogP contribution in [0.15, 0.2) is 72.8 Å². The lowest BCUT2D eigenvalue weighted by atomic mass is 10.0. The summed E-state index contributed by atoms with van der Waals surface area (Å²) in [6.45, 7) is 1.84. The van der Waals surface area contributed by atoms with Crippen molar-refractivity contribution < 1.29 is 18.0 Å². The van der Waals surface area contributed by atoms with Gasteiger partial charge in [-0.1, -0.05) is 96.7 Å². The molecule has 0 bridgehead atoms. The Morgan fingerprint density at radius 1 is 0.925 bits per heavy atom. The maximum atomic E-state index is 14.1. The predicted octanol–water partition coefficient (Wildman–Crippen LogP) is 5.97. The van der Waals surface area contributed by atoms with E-state index in [4.69, 9.17) is 34.8 Å². The molecule has 0 radical (unpaired) electrons. The SMILES string of the molecule is CCCCNC(=O)C(Cc1ccccc1)N(Cc1ccc(Cl)cc1Cl)C(=O)CN(c1ccccc1Cl)S(C)(=O)=O. The molecule has 2 amide bonds. The van der Waals surface area contributed by atoms with Gasteiger partial charge in [-0.2, -0.15) is 0 Å². The van der Waals surface area contributed by atoms with Gasteiger partial charge < -0.3 is 10.2 Å². The number of halogens is 3. The Hall–Kier alpha value is -2.78. The van der Waals surface area contributed by atoms with Crippen LogP contribution in [0.25, 0.3) is 0 Å². The number of unbranched alkanes of at least 4 members (excludes halogenated alkanes) is 1. The van der Waals surface area contributed by atoms with E-state index >= 15 is 0 Å². The first-order valence-corrected chi connectivity index (χ1v) is 15.8. The molecular formula is C29H32Cl3N3O4S. The second-order valence-corrected chi connectivity index (χ2v) is 12.5. The number of carbonyl (C=O) groups is 2. The molecule has 0 spiro atoms. The van der Waals surface area contributed by atoms with Crippen LogP contribution in [0, 0.1) is 0 Å². The van der Waals surface area contributed by atoms with Crippen LogP contribution in [0.1, 0.15) is 30.9 Å². The second kappa shape index (κ2) is 14.7. The first-order valence-electron chi connectivity index (χ1n) is 12.8. The molecule has 0 saturated carbocycles. The van der Waals surface area contributed by atoms with E-state index < -0.39 is 28.5 Å². The molecule has 0 aliphatic carbocycles. The van der Waals surface area contributed by atoms with Crippen LogP contribution in [0.2, 0.25) is 15.1 Å². The van der Waals surface area contributed by atoms with Gasteiger partial charge in [0.05, 0.1) is 17.0 Å². The molecule has 3 aromatic carbocycles. The summed E-state index contributed by atoms with van der Waals surface area (Å²) in [6, 6.07) is 19.6. The first kappa shape index (κ1) is 31.7. The molecule has 11 heteroatoms. The number of sulfonamides is 1. The number of hydrogen-bond donors (Lipinski definition) is 1. The van der Waals surface area contributed by atoms with E-state index in [1.807, 2.05) is 37.3 Å². The largest absolute Gasteiger partial charge is 0.354 e. The normalized spacial score (nSPS) is 12.0. The van der Waals surface area contributed by atoms with Gasteiger partial charge in [-0.05, 0) is 41.8 Å². The zero-order chi connectivity index (χ0) is 29.3.